The summed E-state index contributed by atoms with van der Waals surface area (Å²) in [5.41, 5.74) is 0.941. The first-order chi connectivity index (χ1) is 13.4. The Balaban J connectivity index is 1.83. The highest BCUT2D eigenvalue weighted by Gasteiger charge is 2.30. The largest absolute Gasteiger partial charge is 0.416 e. The van der Waals surface area contributed by atoms with E-state index in [1.807, 2.05) is 37.3 Å². The second kappa shape index (κ2) is 8.12. The minimum Gasteiger partial charge on any atom is -0.355 e. The third-order valence-corrected chi connectivity index (χ3v) is 4.09. The van der Waals surface area contributed by atoms with E-state index in [0.717, 1.165) is 17.8 Å². The van der Waals surface area contributed by atoms with Crippen LogP contribution in [0.25, 0.3) is 0 Å². The van der Waals surface area contributed by atoms with E-state index >= 15 is 0 Å². The lowest BCUT2D eigenvalue weighted by Gasteiger charge is -2.20. The fourth-order valence-corrected chi connectivity index (χ4v) is 2.75. The lowest BCUT2D eigenvalue weighted by atomic mass is 10.2. The summed E-state index contributed by atoms with van der Waals surface area (Å²) in [6.07, 6.45) is -2.98. The standard InChI is InChI=1S/C21H18F3N3O/c1-2-27(18-9-4-3-5-10-18)20(28)19-14-17(11-12-25-19)26-16-8-6-7-15(13-16)21(22,23)24/h3-14H,2H2,1H3,(H,25,26). The van der Waals surface area contributed by atoms with Crippen molar-refractivity contribution in [3.8, 4) is 0 Å². The van der Waals surface area contributed by atoms with Crippen LogP contribution in [0.15, 0.2) is 72.9 Å². The molecule has 1 heterocycles. The number of rotatable bonds is 5. The van der Waals surface area contributed by atoms with E-state index in [0.29, 0.717) is 12.2 Å². The zero-order valence-electron chi connectivity index (χ0n) is 15.1. The molecule has 0 aliphatic heterocycles. The molecule has 0 unspecified atom stereocenters. The van der Waals surface area contributed by atoms with Gasteiger partial charge in [0, 0.05) is 29.8 Å². The summed E-state index contributed by atoms with van der Waals surface area (Å²) in [7, 11) is 0. The maximum absolute atomic E-state index is 12.9. The highest BCUT2D eigenvalue weighted by molar-refractivity contribution is 6.05. The molecule has 0 spiro atoms. The first-order valence-corrected chi connectivity index (χ1v) is 8.65. The van der Waals surface area contributed by atoms with Crippen LogP contribution in [0, 0.1) is 0 Å². The number of benzene rings is 2. The Labute approximate surface area is 160 Å². The predicted octanol–water partition coefficient (Wildman–Crippen LogP) is 5.51. The fourth-order valence-electron chi connectivity index (χ4n) is 2.75. The molecule has 3 aromatic rings. The molecule has 2 aromatic carbocycles. The second-order valence-electron chi connectivity index (χ2n) is 6.02. The molecule has 144 valence electrons. The number of carbonyl (C=O) groups is 1. The molecule has 0 aliphatic rings. The van der Waals surface area contributed by atoms with Gasteiger partial charge in [-0.05, 0) is 49.4 Å². The Morgan fingerprint density at radius 2 is 1.71 bits per heavy atom. The fraction of sp³-hybridized carbons (Fsp3) is 0.143. The second-order valence-corrected chi connectivity index (χ2v) is 6.02. The molecule has 1 amide bonds. The Morgan fingerprint density at radius 1 is 1.00 bits per heavy atom. The minimum atomic E-state index is -4.42. The zero-order chi connectivity index (χ0) is 20.1. The van der Waals surface area contributed by atoms with Crippen LogP contribution in [-0.4, -0.2) is 17.4 Å². The molecule has 1 aromatic heterocycles. The van der Waals surface area contributed by atoms with Crippen molar-refractivity contribution in [2.24, 2.45) is 0 Å². The van der Waals surface area contributed by atoms with Gasteiger partial charge in [0.1, 0.15) is 5.69 Å². The molecule has 0 saturated carbocycles. The number of pyridine rings is 1. The summed E-state index contributed by atoms with van der Waals surface area (Å²) in [5.74, 6) is -0.290. The number of anilines is 3. The van der Waals surface area contributed by atoms with Crippen LogP contribution in [0.5, 0.6) is 0 Å². The summed E-state index contributed by atoms with van der Waals surface area (Å²) in [4.78, 5) is 18.6. The van der Waals surface area contributed by atoms with Gasteiger partial charge in [0.25, 0.3) is 5.91 Å². The van der Waals surface area contributed by atoms with Gasteiger partial charge in [0.15, 0.2) is 0 Å². The number of aromatic nitrogens is 1. The number of hydrogen-bond donors (Lipinski definition) is 1. The van der Waals surface area contributed by atoms with Crippen molar-refractivity contribution in [2.45, 2.75) is 13.1 Å². The molecule has 0 aliphatic carbocycles. The lowest BCUT2D eigenvalue weighted by Crippen LogP contribution is -2.31. The number of nitrogens with zero attached hydrogens (tertiary/aromatic N) is 2. The van der Waals surface area contributed by atoms with Crippen molar-refractivity contribution < 1.29 is 18.0 Å². The third kappa shape index (κ3) is 4.49. The summed E-state index contributed by atoms with van der Waals surface area (Å²) in [6.45, 7) is 2.31. The van der Waals surface area contributed by atoms with E-state index in [1.165, 1.54) is 24.4 Å². The maximum Gasteiger partial charge on any atom is 0.416 e. The average molecular weight is 385 g/mol. The highest BCUT2D eigenvalue weighted by Crippen LogP contribution is 2.31. The third-order valence-electron chi connectivity index (χ3n) is 4.09. The molecule has 7 heteroatoms. The molecule has 0 radical (unpaired) electrons. The average Bonchev–Trinajstić information content (AvgIpc) is 2.69. The quantitative estimate of drug-likeness (QED) is 0.630. The van der Waals surface area contributed by atoms with E-state index < -0.39 is 11.7 Å². The lowest BCUT2D eigenvalue weighted by molar-refractivity contribution is -0.137. The van der Waals surface area contributed by atoms with E-state index in [1.54, 1.807) is 11.0 Å². The van der Waals surface area contributed by atoms with Gasteiger partial charge >= 0.3 is 6.18 Å². The van der Waals surface area contributed by atoms with E-state index in [-0.39, 0.29) is 17.3 Å². The summed E-state index contributed by atoms with van der Waals surface area (Å²) >= 11 is 0. The van der Waals surface area contributed by atoms with Crippen molar-refractivity contribution in [1.82, 2.24) is 4.98 Å². The molecule has 1 N–H and O–H groups in total. The van der Waals surface area contributed by atoms with Crippen molar-refractivity contribution in [1.29, 1.82) is 0 Å². The molecule has 4 nitrogen and oxygen atoms in total. The number of carbonyl (C=O) groups excluding carboxylic acids is 1. The maximum atomic E-state index is 12.9. The summed E-state index contributed by atoms with van der Waals surface area (Å²) in [5, 5.41) is 2.90. The molecule has 0 atom stereocenters. The molecular weight excluding hydrogens is 367 g/mol. The van der Waals surface area contributed by atoms with Gasteiger partial charge in [-0.1, -0.05) is 24.3 Å². The number of alkyl halides is 3. The van der Waals surface area contributed by atoms with Gasteiger partial charge < -0.3 is 10.2 Å². The van der Waals surface area contributed by atoms with Crippen LogP contribution in [0.2, 0.25) is 0 Å². The first-order valence-electron chi connectivity index (χ1n) is 8.65. The molecule has 0 saturated heterocycles. The number of halogens is 3. The molecule has 0 bridgehead atoms. The van der Waals surface area contributed by atoms with Gasteiger partial charge in [-0.25, -0.2) is 0 Å². The monoisotopic (exact) mass is 385 g/mol. The Kier molecular flexibility index (Phi) is 5.63. The van der Waals surface area contributed by atoms with Gasteiger partial charge in [0.05, 0.1) is 5.56 Å². The minimum absolute atomic E-state index is 0.197. The number of hydrogen-bond acceptors (Lipinski definition) is 3. The number of amides is 1. The number of nitrogens with one attached hydrogen (secondary N) is 1. The van der Waals surface area contributed by atoms with Crippen LogP contribution in [0.1, 0.15) is 23.0 Å². The Bertz CT molecular complexity index is 958. The van der Waals surface area contributed by atoms with Gasteiger partial charge in [-0.3, -0.25) is 9.78 Å². The summed E-state index contributed by atoms with van der Waals surface area (Å²) in [6, 6.07) is 17.2. The van der Waals surface area contributed by atoms with Crippen LogP contribution >= 0.6 is 0 Å². The van der Waals surface area contributed by atoms with Crippen LogP contribution in [-0.2, 0) is 6.18 Å². The van der Waals surface area contributed by atoms with E-state index in [4.69, 9.17) is 0 Å². The topological polar surface area (TPSA) is 45.2 Å². The van der Waals surface area contributed by atoms with Crippen LogP contribution < -0.4 is 10.2 Å². The predicted molar refractivity (Wildman–Crippen MR) is 103 cm³/mol. The smallest absolute Gasteiger partial charge is 0.355 e. The molecule has 28 heavy (non-hydrogen) atoms. The van der Waals surface area contributed by atoms with E-state index in [9.17, 15) is 18.0 Å². The number of para-hydroxylation sites is 1. The molecule has 3 rings (SSSR count). The van der Waals surface area contributed by atoms with Crippen molar-refractivity contribution in [2.75, 3.05) is 16.8 Å². The van der Waals surface area contributed by atoms with Crippen LogP contribution in [0.3, 0.4) is 0 Å². The van der Waals surface area contributed by atoms with Crippen molar-refractivity contribution in [3.63, 3.8) is 0 Å². The van der Waals surface area contributed by atoms with Crippen molar-refractivity contribution >= 4 is 23.0 Å². The van der Waals surface area contributed by atoms with Gasteiger partial charge in [-0.2, -0.15) is 13.2 Å². The normalized spacial score (nSPS) is 11.1. The highest BCUT2D eigenvalue weighted by atomic mass is 19.4. The Morgan fingerprint density at radius 3 is 2.39 bits per heavy atom. The van der Waals surface area contributed by atoms with Gasteiger partial charge in [-0.15, -0.1) is 0 Å². The van der Waals surface area contributed by atoms with E-state index in [2.05, 4.69) is 10.3 Å². The molecular formula is C21H18F3N3O. The van der Waals surface area contributed by atoms with Gasteiger partial charge in [0.2, 0.25) is 0 Å². The molecule has 0 fully saturated rings. The first kappa shape index (κ1) is 19.4. The van der Waals surface area contributed by atoms with Crippen molar-refractivity contribution in [3.05, 3.63) is 84.2 Å². The van der Waals surface area contributed by atoms with Crippen LogP contribution in [0.4, 0.5) is 30.2 Å². The Hall–Kier alpha value is -3.35. The summed E-state index contributed by atoms with van der Waals surface area (Å²) < 4.78 is 38.6. The zero-order valence-corrected chi connectivity index (χ0v) is 15.1. The SMILES string of the molecule is CCN(C(=O)c1cc(Nc2cccc(C(F)(F)F)c2)ccn1)c1ccccc1.